The Morgan fingerprint density at radius 1 is 0.875 bits per heavy atom. The average Bonchev–Trinajstić information content (AvgIpc) is 3.12. The number of carboxylic acids is 1. The molecule has 0 aliphatic rings. The van der Waals surface area contributed by atoms with Crippen molar-refractivity contribution in [2.24, 2.45) is 16.6 Å². The van der Waals surface area contributed by atoms with E-state index in [4.69, 9.17) is 15.6 Å². The Balaban J connectivity index is 1.33. The van der Waals surface area contributed by atoms with Crippen molar-refractivity contribution in [3.05, 3.63) is 94.8 Å². The van der Waals surface area contributed by atoms with Gasteiger partial charge in [-0.25, -0.2) is 9.18 Å². The lowest BCUT2D eigenvalue weighted by Crippen LogP contribution is -2.38. The second-order valence-electron chi connectivity index (χ2n) is 16.4. The summed E-state index contributed by atoms with van der Waals surface area (Å²) in [6.45, 7) is 12.2. The molecule has 0 radical (unpaired) electrons. The summed E-state index contributed by atoms with van der Waals surface area (Å²) in [6.07, 6.45) is 3.23. The molecule has 0 aliphatic carbocycles. The zero-order valence-corrected chi connectivity index (χ0v) is 33.7. The fraction of sp³-hybridized carbons (Fsp3) is 0.465. The first-order chi connectivity index (χ1) is 26.2. The number of Topliss-reactive ketones (excluding diaryl/α,β-unsaturated/α-hetero) is 1. The van der Waals surface area contributed by atoms with Crippen LogP contribution in [0.25, 0.3) is 0 Å². The minimum absolute atomic E-state index is 0.0160. The minimum Gasteiger partial charge on any atom is -0.492 e. The van der Waals surface area contributed by atoms with Crippen molar-refractivity contribution in [2.45, 2.75) is 79.3 Å². The number of aromatic carboxylic acids is 1. The molecular formula is C43H58FN5O7. The lowest BCUT2D eigenvalue weighted by Gasteiger charge is -2.26. The van der Waals surface area contributed by atoms with Gasteiger partial charge in [-0.2, -0.15) is 0 Å². The second-order valence-corrected chi connectivity index (χ2v) is 16.4. The number of ether oxygens (including phenoxy) is 1. The van der Waals surface area contributed by atoms with Crippen molar-refractivity contribution < 1.29 is 38.2 Å². The van der Waals surface area contributed by atoms with E-state index in [0.29, 0.717) is 23.3 Å². The molecule has 0 saturated heterocycles. The van der Waals surface area contributed by atoms with Gasteiger partial charge >= 0.3 is 5.97 Å². The minimum atomic E-state index is -1.39. The molecule has 1 unspecified atom stereocenters. The predicted molar refractivity (Wildman–Crippen MR) is 215 cm³/mol. The number of hydrogen-bond acceptors (Lipinski definition) is 8. The standard InChI is InChI=1S/C43H58FN5O7/c1-42(2,3)26-36(45)39(52)47-32-14-9-29(10-15-32)19-22-48(6)21-8-20-43(4,5)27-37(50)40(53)49(7)23-24-56-33-16-12-31(13-17-33)38(51)46-28-30-11-18-35(44)34(25-30)41(54)55/h9-18,25,36H,8,19-24,26-28,45H2,1-7H3,(H,46,51)(H,47,52)(H,54,55). The number of nitrogens with zero attached hydrogens (tertiary/aromatic N) is 2. The Kier molecular flexibility index (Phi) is 16.7. The maximum absolute atomic E-state index is 13.6. The van der Waals surface area contributed by atoms with E-state index in [-0.39, 0.29) is 42.9 Å². The van der Waals surface area contributed by atoms with Gasteiger partial charge in [-0.05, 0) is 110 Å². The number of benzene rings is 3. The maximum Gasteiger partial charge on any atom is 0.338 e. The molecule has 12 nitrogen and oxygen atoms in total. The summed E-state index contributed by atoms with van der Waals surface area (Å²) in [5.74, 6) is -3.38. The molecule has 13 heteroatoms. The van der Waals surface area contributed by atoms with Crippen LogP contribution in [0.1, 0.15) is 92.1 Å². The Bertz CT molecular complexity index is 1810. The van der Waals surface area contributed by atoms with E-state index in [1.807, 2.05) is 38.1 Å². The van der Waals surface area contributed by atoms with Crippen LogP contribution in [-0.4, -0.2) is 90.8 Å². The van der Waals surface area contributed by atoms with Crippen LogP contribution >= 0.6 is 0 Å². The molecule has 3 rings (SSSR count). The predicted octanol–water partition coefficient (Wildman–Crippen LogP) is 5.93. The first kappa shape index (κ1) is 45.3. The van der Waals surface area contributed by atoms with Gasteiger partial charge in [0.2, 0.25) is 11.7 Å². The summed E-state index contributed by atoms with van der Waals surface area (Å²) < 4.78 is 19.4. The number of nitrogens with one attached hydrogen (secondary N) is 2. The van der Waals surface area contributed by atoms with Gasteiger partial charge in [-0.3, -0.25) is 19.2 Å². The molecule has 1 atom stereocenters. The van der Waals surface area contributed by atoms with Crippen LogP contribution in [0, 0.1) is 16.6 Å². The number of carbonyl (C=O) groups excluding carboxylic acids is 4. The third-order valence-corrected chi connectivity index (χ3v) is 9.32. The Morgan fingerprint density at radius 2 is 1.52 bits per heavy atom. The zero-order valence-electron chi connectivity index (χ0n) is 33.7. The highest BCUT2D eigenvalue weighted by Gasteiger charge is 2.28. The van der Waals surface area contributed by atoms with Crippen molar-refractivity contribution >= 4 is 35.2 Å². The van der Waals surface area contributed by atoms with E-state index in [1.165, 1.54) is 17.0 Å². The average molecular weight is 776 g/mol. The largest absolute Gasteiger partial charge is 0.492 e. The molecule has 56 heavy (non-hydrogen) atoms. The molecule has 0 aliphatic heterocycles. The van der Waals surface area contributed by atoms with Gasteiger partial charge in [0.05, 0.1) is 18.2 Å². The fourth-order valence-corrected chi connectivity index (χ4v) is 6.05. The number of carboxylic acid groups (broad SMARTS) is 1. The molecule has 304 valence electrons. The van der Waals surface area contributed by atoms with Crippen LogP contribution in [0.2, 0.25) is 0 Å². The summed E-state index contributed by atoms with van der Waals surface area (Å²) in [4.78, 5) is 65.5. The smallest absolute Gasteiger partial charge is 0.338 e. The lowest BCUT2D eigenvalue weighted by atomic mass is 9.82. The maximum atomic E-state index is 13.6. The molecular weight excluding hydrogens is 717 g/mol. The van der Waals surface area contributed by atoms with Crippen LogP contribution < -0.4 is 21.1 Å². The number of anilines is 1. The van der Waals surface area contributed by atoms with Crippen LogP contribution in [-0.2, 0) is 27.3 Å². The van der Waals surface area contributed by atoms with E-state index in [1.54, 1.807) is 31.3 Å². The lowest BCUT2D eigenvalue weighted by molar-refractivity contribution is -0.145. The summed E-state index contributed by atoms with van der Waals surface area (Å²) in [6, 6.07) is 17.2. The first-order valence-corrected chi connectivity index (χ1v) is 18.9. The van der Waals surface area contributed by atoms with Gasteiger partial charge in [-0.15, -0.1) is 0 Å². The number of ketones is 1. The third-order valence-electron chi connectivity index (χ3n) is 9.32. The fourth-order valence-electron chi connectivity index (χ4n) is 6.05. The van der Waals surface area contributed by atoms with Crippen LogP contribution in [0.5, 0.6) is 5.75 Å². The number of halogens is 1. The molecule has 0 aromatic heterocycles. The normalized spacial score (nSPS) is 12.2. The van der Waals surface area contributed by atoms with Crippen molar-refractivity contribution in [1.82, 2.24) is 15.1 Å². The van der Waals surface area contributed by atoms with Crippen LogP contribution in [0.4, 0.5) is 10.1 Å². The molecule has 5 N–H and O–H groups in total. The summed E-state index contributed by atoms with van der Waals surface area (Å²) in [7, 11) is 3.63. The second kappa shape index (κ2) is 20.7. The molecule has 3 aromatic carbocycles. The monoisotopic (exact) mass is 775 g/mol. The Hall–Kier alpha value is -5.14. The number of amides is 3. The van der Waals surface area contributed by atoms with Gasteiger partial charge in [0.15, 0.2) is 0 Å². The molecule has 0 saturated carbocycles. The highest BCUT2D eigenvalue weighted by Crippen LogP contribution is 2.28. The molecule has 3 aromatic rings. The molecule has 3 amide bonds. The molecule has 0 fully saturated rings. The SMILES string of the molecule is CN(CCCC(C)(C)CC(=O)C(=O)N(C)CCOc1ccc(C(=O)NCc2ccc(F)c(C(=O)O)c2)cc1)CCc1ccc(NC(=O)C(N)CC(C)(C)C)cc1. The Morgan fingerprint density at radius 3 is 2.14 bits per heavy atom. The number of hydrogen-bond donors (Lipinski definition) is 4. The van der Waals surface area contributed by atoms with E-state index >= 15 is 0 Å². The number of rotatable bonds is 21. The summed E-state index contributed by atoms with van der Waals surface area (Å²) >= 11 is 0. The van der Waals surface area contributed by atoms with Gasteiger partial charge in [0.1, 0.15) is 18.2 Å². The van der Waals surface area contributed by atoms with Crippen LogP contribution in [0.15, 0.2) is 66.7 Å². The molecule has 0 bridgehead atoms. The number of nitrogens with two attached hydrogens (primary N) is 1. The van der Waals surface area contributed by atoms with Gasteiger partial charge in [0, 0.05) is 37.8 Å². The molecule has 0 spiro atoms. The number of carbonyl (C=O) groups is 5. The highest BCUT2D eigenvalue weighted by molar-refractivity contribution is 6.36. The van der Waals surface area contributed by atoms with E-state index in [2.05, 4.69) is 43.4 Å². The number of likely N-dealkylation sites (N-methyl/N-ethyl adjacent to an activating group) is 2. The van der Waals surface area contributed by atoms with Crippen molar-refractivity contribution in [1.29, 1.82) is 0 Å². The Labute approximate surface area is 330 Å². The van der Waals surface area contributed by atoms with Crippen molar-refractivity contribution in [3.8, 4) is 5.75 Å². The summed E-state index contributed by atoms with van der Waals surface area (Å²) in [5, 5.41) is 14.7. The van der Waals surface area contributed by atoms with Gasteiger partial charge in [-0.1, -0.05) is 52.8 Å². The third kappa shape index (κ3) is 15.5. The van der Waals surface area contributed by atoms with Gasteiger partial charge in [0.25, 0.3) is 11.8 Å². The topological polar surface area (TPSA) is 171 Å². The highest BCUT2D eigenvalue weighted by atomic mass is 19.1. The van der Waals surface area contributed by atoms with Gasteiger partial charge < -0.3 is 36.0 Å². The summed E-state index contributed by atoms with van der Waals surface area (Å²) in [5.41, 5.74) is 7.88. The van der Waals surface area contributed by atoms with E-state index in [0.717, 1.165) is 49.7 Å². The van der Waals surface area contributed by atoms with Crippen molar-refractivity contribution in [2.75, 3.05) is 45.7 Å². The van der Waals surface area contributed by atoms with E-state index in [9.17, 15) is 28.4 Å². The quantitative estimate of drug-likeness (QED) is 0.0958. The molecule has 0 heterocycles. The van der Waals surface area contributed by atoms with Crippen LogP contribution in [0.3, 0.4) is 0 Å². The van der Waals surface area contributed by atoms with Crippen molar-refractivity contribution in [3.63, 3.8) is 0 Å². The van der Waals surface area contributed by atoms with E-state index < -0.39 is 41.0 Å². The first-order valence-electron chi connectivity index (χ1n) is 18.9. The zero-order chi connectivity index (χ0) is 41.6.